The molecule has 1 aromatic heterocycles. The first kappa shape index (κ1) is 22.5. The highest BCUT2D eigenvalue weighted by Crippen LogP contribution is 2.43. The quantitative estimate of drug-likeness (QED) is 0.561. The zero-order chi connectivity index (χ0) is 23.8. The number of alkyl halides is 1. The number of nitrogens with zero attached hydrogens (tertiary/aromatic N) is 4. The lowest BCUT2D eigenvalue weighted by Gasteiger charge is -2.27. The van der Waals surface area contributed by atoms with E-state index in [2.05, 4.69) is 9.98 Å². The molecule has 1 aliphatic heterocycles. The predicted octanol–water partition coefficient (Wildman–Crippen LogP) is 4.45. The number of halogens is 1. The summed E-state index contributed by atoms with van der Waals surface area (Å²) in [6, 6.07) is 7.70. The molecule has 2 aromatic carbocycles. The smallest absolute Gasteiger partial charge is 0.252 e. The van der Waals surface area contributed by atoms with Crippen molar-refractivity contribution in [2.75, 3.05) is 27.2 Å². The average Bonchev–Trinajstić information content (AvgIpc) is 3.45. The Morgan fingerprint density at radius 1 is 1.26 bits per heavy atom. The number of nitrogens with two attached hydrogens (primary N) is 1. The van der Waals surface area contributed by atoms with E-state index in [1.54, 1.807) is 12.5 Å². The van der Waals surface area contributed by atoms with Gasteiger partial charge in [0, 0.05) is 30.3 Å². The van der Waals surface area contributed by atoms with Gasteiger partial charge in [0.2, 0.25) is 0 Å². The third-order valence-electron chi connectivity index (χ3n) is 6.81. The maximum absolute atomic E-state index is 14.6. The van der Waals surface area contributed by atoms with Crippen molar-refractivity contribution in [2.45, 2.75) is 44.3 Å². The van der Waals surface area contributed by atoms with Crippen LogP contribution in [0.15, 0.2) is 35.6 Å². The number of primary amides is 1. The number of ether oxygens (including phenoxy) is 1. The van der Waals surface area contributed by atoms with Gasteiger partial charge < -0.3 is 19.9 Å². The molecule has 2 atom stereocenters. The number of benzene rings is 2. The number of carbonyl (C=O) groups excluding carboxylic acids is 1. The van der Waals surface area contributed by atoms with E-state index in [1.165, 1.54) is 0 Å². The summed E-state index contributed by atoms with van der Waals surface area (Å²) in [4.78, 5) is 23.5. The van der Waals surface area contributed by atoms with E-state index < -0.39 is 12.1 Å². The summed E-state index contributed by atoms with van der Waals surface area (Å²) in [5.41, 5.74) is 11.2. The van der Waals surface area contributed by atoms with Crippen molar-refractivity contribution in [2.24, 2.45) is 10.7 Å². The molecule has 0 saturated heterocycles. The largest absolute Gasteiger partial charge is 0.491 e. The Morgan fingerprint density at radius 2 is 2.09 bits per heavy atom. The normalized spacial score (nSPS) is 19.6. The van der Waals surface area contributed by atoms with E-state index in [0.29, 0.717) is 37.3 Å². The van der Waals surface area contributed by atoms with Crippen LogP contribution in [0.3, 0.4) is 0 Å². The summed E-state index contributed by atoms with van der Waals surface area (Å²) in [5.74, 6) is -0.0442. The Labute approximate surface area is 198 Å². The molecule has 0 bridgehead atoms. The number of aromatic nitrogens is 2. The van der Waals surface area contributed by atoms with Crippen molar-refractivity contribution in [1.29, 1.82) is 0 Å². The minimum atomic E-state index is -0.841. The molecule has 178 valence electrons. The second kappa shape index (κ2) is 9.18. The van der Waals surface area contributed by atoms with Crippen LogP contribution in [0.25, 0.3) is 22.2 Å². The molecule has 7 nitrogen and oxygen atoms in total. The van der Waals surface area contributed by atoms with Crippen molar-refractivity contribution in [3.05, 3.63) is 41.7 Å². The van der Waals surface area contributed by atoms with E-state index in [1.807, 2.05) is 47.8 Å². The Bertz CT molecular complexity index is 1270. The predicted molar refractivity (Wildman–Crippen MR) is 132 cm³/mol. The van der Waals surface area contributed by atoms with E-state index in [-0.39, 0.29) is 6.04 Å². The van der Waals surface area contributed by atoms with Gasteiger partial charge >= 0.3 is 0 Å². The van der Waals surface area contributed by atoms with Crippen molar-refractivity contribution < 1.29 is 13.9 Å². The maximum Gasteiger partial charge on any atom is 0.252 e. The molecule has 2 N–H and O–H groups in total. The molecular formula is C26H30FN5O2. The Balaban J connectivity index is 1.56. The summed E-state index contributed by atoms with van der Waals surface area (Å²) >= 11 is 0. The third kappa shape index (κ3) is 4.07. The van der Waals surface area contributed by atoms with Gasteiger partial charge in [-0.15, -0.1) is 0 Å². The first-order valence-electron chi connectivity index (χ1n) is 11.8. The maximum atomic E-state index is 14.6. The highest BCUT2D eigenvalue weighted by atomic mass is 19.1. The lowest BCUT2D eigenvalue weighted by atomic mass is 9.93. The lowest BCUT2D eigenvalue weighted by Crippen LogP contribution is -2.23. The van der Waals surface area contributed by atoms with Crippen LogP contribution in [0.1, 0.15) is 47.6 Å². The Morgan fingerprint density at radius 3 is 2.85 bits per heavy atom. The van der Waals surface area contributed by atoms with E-state index in [4.69, 9.17) is 10.5 Å². The lowest BCUT2D eigenvalue weighted by molar-refractivity contribution is 0.0995. The number of hydrogen-bond acceptors (Lipinski definition) is 5. The molecular weight excluding hydrogens is 433 g/mol. The topological polar surface area (TPSA) is 85.7 Å². The standard InChI is InChI=1S/C26H30FN5O2/c1-31(2)11-12-34-23-14-18(25-17(9-10-29-25)24(23)26(28)33)16-7-8-22-20(13-16)30-15-32(22)21-6-4-3-5-19(21)27/h7-8,10,13-15,19,21H,3-6,9,11-12H2,1-2H3,(H2,28,33)/t19-,21-/m1/s1. The second-order valence-electron chi connectivity index (χ2n) is 9.38. The third-order valence-corrected chi connectivity index (χ3v) is 6.81. The van der Waals surface area contributed by atoms with Crippen molar-refractivity contribution in [3.8, 4) is 16.9 Å². The number of hydrogen-bond donors (Lipinski definition) is 1. The molecule has 1 fully saturated rings. The van der Waals surface area contributed by atoms with Crippen LogP contribution < -0.4 is 10.5 Å². The first-order valence-corrected chi connectivity index (χ1v) is 11.8. The van der Waals surface area contributed by atoms with Crippen LogP contribution in [0.2, 0.25) is 0 Å². The minimum absolute atomic E-state index is 0.162. The average molecular weight is 464 g/mol. The summed E-state index contributed by atoms with van der Waals surface area (Å²) < 4.78 is 22.6. The van der Waals surface area contributed by atoms with Gasteiger partial charge in [0.1, 0.15) is 18.5 Å². The molecule has 1 amide bonds. The molecule has 8 heteroatoms. The molecule has 0 unspecified atom stereocenters. The van der Waals surface area contributed by atoms with Crippen LogP contribution in [-0.2, 0) is 6.42 Å². The summed E-state index contributed by atoms with van der Waals surface area (Å²) in [5, 5.41) is 0. The molecule has 2 aliphatic rings. The summed E-state index contributed by atoms with van der Waals surface area (Å²) in [7, 11) is 3.93. The molecule has 0 radical (unpaired) electrons. The fourth-order valence-electron chi connectivity index (χ4n) is 5.06. The Hall–Kier alpha value is -3.26. The van der Waals surface area contributed by atoms with Gasteiger partial charge in [0.05, 0.1) is 34.7 Å². The number of likely N-dealkylation sites (N-methyl/N-ethyl adjacent to an activating group) is 1. The summed E-state index contributed by atoms with van der Waals surface area (Å²) in [6.45, 7) is 1.14. The van der Waals surface area contributed by atoms with Gasteiger partial charge in [-0.1, -0.05) is 18.9 Å². The monoisotopic (exact) mass is 463 g/mol. The number of fused-ring (bicyclic) bond motifs is 2. The highest BCUT2D eigenvalue weighted by Gasteiger charge is 2.28. The van der Waals surface area contributed by atoms with Gasteiger partial charge in [-0.3, -0.25) is 9.79 Å². The SMILES string of the molecule is CN(C)CCOc1cc(-c2ccc3c(c2)ncn3[C@@H]2CCCC[C@H]2F)c2c(c1C(N)=O)CC=N2. The zero-order valence-electron chi connectivity index (χ0n) is 19.6. The molecule has 3 aromatic rings. The molecule has 1 aliphatic carbocycles. The number of aliphatic imine (C=N–C) groups is 1. The van der Waals surface area contributed by atoms with Crippen LogP contribution >= 0.6 is 0 Å². The van der Waals surface area contributed by atoms with Crippen LogP contribution in [0, 0.1) is 0 Å². The zero-order valence-corrected chi connectivity index (χ0v) is 19.6. The Kier molecular flexibility index (Phi) is 6.08. The van der Waals surface area contributed by atoms with Gasteiger partial charge in [-0.25, -0.2) is 9.37 Å². The number of carbonyl (C=O) groups is 1. The van der Waals surface area contributed by atoms with Crippen molar-refractivity contribution in [3.63, 3.8) is 0 Å². The molecule has 34 heavy (non-hydrogen) atoms. The van der Waals surface area contributed by atoms with Crippen molar-refractivity contribution >= 4 is 28.8 Å². The van der Waals surface area contributed by atoms with Crippen LogP contribution in [0.4, 0.5) is 10.1 Å². The van der Waals surface area contributed by atoms with Gasteiger partial charge in [-0.05, 0) is 50.7 Å². The van der Waals surface area contributed by atoms with E-state index in [0.717, 1.165) is 52.7 Å². The summed E-state index contributed by atoms with van der Waals surface area (Å²) in [6.07, 6.45) is 6.66. The number of amides is 1. The number of imidazole rings is 1. The fourth-order valence-corrected chi connectivity index (χ4v) is 5.06. The van der Waals surface area contributed by atoms with Gasteiger partial charge in [0.25, 0.3) is 5.91 Å². The fraction of sp³-hybridized carbons (Fsp3) is 0.423. The molecule has 5 rings (SSSR count). The van der Waals surface area contributed by atoms with E-state index in [9.17, 15) is 9.18 Å². The number of rotatable bonds is 7. The second-order valence-corrected chi connectivity index (χ2v) is 9.38. The van der Waals surface area contributed by atoms with Crippen molar-refractivity contribution in [1.82, 2.24) is 14.5 Å². The first-order chi connectivity index (χ1) is 16.4. The van der Waals surface area contributed by atoms with E-state index >= 15 is 0 Å². The van der Waals surface area contributed by atoms with Gasteiger partial charge in [0.15, 0.2) is 0 Å². The molecule has 1 saturated carbocycles. The highest BCUT2D eigenvalue weighted by molar-refractivity contribution is 6.04. The van der Waals surface area contributed by atoms with Crippen LogP contribution in [-0.4, -0.2) is 60.0 Å². The minimum Gasteiger partial charge on any atom is -0.491 e. The van der Waals surface area contributed by atoms with Crippen LogP contribution in [0.5, 0.6) is 5.75 Å². The van der Waals surface area contributed by atoms with Gasteiger partial charge in [-0.2, -0.15) is 0 Å². The molecule has 0 spiro atoms. The molecule has 2 heterocycles.